The van der Waals surface area contributed by atoms with Crippen molar-refractivity contribution in [3.05, 3.63) is 27.4 Å². The molecule has 3 heteroatoms. The number of aromatic amines is 1. The summed E-state index contributed by atoms with van der Waals surface area (Å²) < 4.78 is 0. The van der Waals surface area contributed by atoms with E-state index in [-0.39, 0.29) is 11.5 Å². The predicted octanol–water partition coefficient (Wildman–Crippen LogP) is 2.15. The van der Waals surface area contributed by atoms with Gasteiger partial charge in [0.05, 0.1) is 0 Å². The van der Waals surface area contributed by atoms with Gasteiger partial charge in [-0.25, -0.2) is 4.98 Å². The SMILES string of the molecule is Cc1nc(CC2CC2)[nH]c(=O)c1C(C)C. The Kier molecular flexibility index (Phi) is 2.63. The summed E-state index contributed by atoms with van der Waals surface area (Å²) in [6, 6.07) is 0. The maximum Gasteiger partial charge on any atom is 0.254 e. The minimum Gasteiger partial charge on any atom is -0.310 e. The fourth-order valence-corrected chi connectivity index (χ4v) is 2.03. The zero-order valence-corrected chi connectivity index (χ0v) is 9.63. The molecule has 0 radical (unpaired) electrons. The van der Waals surface area contributed by atoms with E-state index in [2.05, 4.69) is 9.97 Å². The summed E-state index contributed by atoms with van der Waals surface area (Å²) in [5.74, 6) is 1.87. The third kappa shape index (κ3) is 2.28. The van der Waals surface area contributed by atoms with Crippen molar-refractivity contribution in [1.29, 1.82) is 0 Å². The highest BCUT2D eigenvalue weighted by molar-refractivity contribution is 5.20. The quantitative estimate of drug-likeness (QED) is 0.823. The van der Waals surface area contributed by atoms with Crippen LogP contribution in [-0.4, -0.2) is 9.97 Å². The Morgan fingerprint density at radius 2 is 2.13 bits per heavy atom. The molecule has 1 aromatic rings. The van der Waals surface area contributed by atoms with Crippen molar-refractivity contribution in [3.8, 4) is 0 Å². The third-order valence-electron chi connectivity index (χ3n) is 2.95. The summed E-state index contributed by atoms with van der Waals surface area (Å²) in [4.78, 5) is 19.2. The molecule has 0 atom stereocenters. The number of hydrogen-bond acceptors (Lipinski definition) is 2. The van der Waals surface area contributed by atoms with Crippen LogP contribution in [0.4, 0.5) is 0 Å². The number of nitrogens with one attached hydrogen (secondary N) is 1. The van der Waals surface area contributed by atoms with Crippen LogP contribution in [-0.2, 0) is 6.42 Å². The minimum atomic E-state index is 0.0492. The molecule has 0 amide bonds. The molecule has 0 aliphatic heterocycles. The Bertz CT molecular complexity index is 416. The van der Waals surface area contributed by atoms with Gasteiger partial charge in [0, 0.05) is 17.7 Å². The Morgan fingerprint density at radius 1 is 1.47 bits per heavy atom. The molecule has 82 valence electrons. The van der Waals surface area contributed by atoms with E-state index in [1.54, 1.807) is 0 Å². The van der Waals surface area contributed by atoms with E-state index < -0.39 is 0 Å². The molecule has 1 heterocycles. The van der Waals surface area contributed by atoms with Gasteiger partial charge in [-0.05, 0) is 31.6 Å². The molecule has 2 rings (SSSR count). The maximum atomic E-state index is 11.8. The topological polar surface area (TPSA) is 45.8 Å². The first-order chi connectivity index (χ1) is 7.08. The first kappa shape index (κ1) is 10.4. The summed E-state index contributed by atoms with van der Waals surface area (Å²) in [5, 5.41) is 0. The molecule has 1 aliphatic carbocycles. The number of rotatable bonds is 3. The second-order valence-corrected chi connectivity index (χ2v) is 4.81. The van der Waals surface area contributed by atoms with Crippen LogP contribution in [0.25, 0.3) is 0 Å². The van der Waals surface area contributed by atoms with Gasteiger partial charge in [0.15, 0.2) is 0 Å². The second kappa shape index (κ2) is 3.80. The van der Waals surface area contributed by atoms with Gasteiger partial charge in [-0.2, -0.15) is 0 Å². The van der Waals surface area contributed by atoms with Gasteiger partial charge in [-0.15, -0.1) is 0 Å². The molecule has 0 spiro atoms. The Hall–Kier alpha value is -1.12. The first-order valence-electron chi connectivity index (χ1n) is 5.67. The molecule has 0 aromatic carbocycles. The molecule has 1 aliphatic rings. The van der Waals surface area contributed by atoms with Crippen molar-refractivity contribution in [2.45, 2.75) is 46.0 Å². The van der Waals surface area contributed by atoms with Gasteiger partial charge in [-0.3, -0.25) is 4.79 Å². The molecule has 0 bridgehead atoms. The Balaban J connectivity index is 2.33. The molecule has 3 nitrogen and oxygen atoms in total. The number of nitrogens with zero attached hydrogens (tertiary/aromatic N) is 1. The zero-order chi connectivity index (χ0) is 11.0. The molecular weight excluding hydrogens is 188 g/mol. The van der Waals surface area contributed by atoms with Gasteiger partial charge in [0.2, 0.25) is 0 Å². The highest BCUT2D eigenvalue weighted by Crippen LogP contribution is 2.31. The summed E-state index contributed by atoms with van der Waals surface area (Å²) >= 11 is 0. The minimum absolute atomic E-state index is 0.0492. The first-order valence-corrected chi connectivity index (χ1v) is 5.67. The number of hydrogen-bond donors (Lipinski definition) is 1. The highest BCUT2D eigenvalue weighted by Gasteiger charge is 2.23. The van der Waals surface area contributed by atoms with Gasteiger partial charge < -0.3 is 4.98 Å². The van der Waals surface area contributed by atoms with Crippen LogP contribution in [0.5, 0.6) is 0 Å². The third-order valence-corrected chi connectivity index (χ3v) is 2.95. The number of aryl methyl sites for hydroxylation is 1. The molecule has 1 aromatic heterocycles. The van der Waals surface area contributed by atoms with Crippen molar-refractivity contribution in [2.24, 2.45) is 5.92 Å². The largest absolute Gasteiger partial charge is 0.310 e. The maximum absolute atomic E-state index is 11.8. The second-order valence-electron chi connectivity index (χ2n) is 4.81. The fourth-order valence-electron chi connectivity index (χ4n) is 2.03. The lowest BCUT2D eigenvalue weighted by molar-refractivity contribution is 0.732. The van der Waals surface area contributed by atoms with Crippen LogP contribution >= 0.6 is 0 Å². The van der Waals surface area contributed by atoms with Crippen LogP contribution in [0.2, 0.25) is 0 Å². The van der Waals surface area contributed by atoms with Gasteiger partial charge in [-0.1, -0.05) is 13.8 Å². The number of H-pyrrole nitrogens is 1. The Labute approximate surface area is 89.9 Å². The molecule has 1 N–H and O–H groups in total. The monoisotopic (exact) mass is 206 g/mol. The van der Waals surface area contributed by atoms with E-state index in [4.69, 9.17) is 0 Å². The average molecular weight is 206 g/mol. The van der Waals surface area contributed by atoms with Crippen molar-refractivity contribution in [2.75, 3.05) is 0 Å². The highest BCUT2D eigenvalue weighted by atomic mass is 16.1. The van der Waals surface area contributed by atoms with E-state index >= 15 is 0 Å². The molecule has 1 fully saturated rings. The molecule has 0 unspecified atom stereocenters. The van der Waals surface area contributed by atoms with Crippen LogP contribution in [0.15, 0.2) is 4.79 Å². The normalized spacial score (nSPS) is 16.0. The van der Waals surface area contributed by atoms with Crippen molar-refractivity contribution in [3.63, 3.8) is 0 Å². The van der Waals surface area contributed by atoms with E-state index in [0.717, 1.165) is 29.4 Å². The summed E-state index contributed by atoms with van der Waals surface area (Å²) in [6.45, 7) is 5.99. The standard InChI is InChI=1S/C12H18N2O/c1-7(2)11-8(3)13-10(14-12(11)15)6-9-4-5-9/h7,9H,4-6H2,1-3H3,(H,13,14,15). The lowest BCUT2D eigenvalue weighted by atomic mass is 10.0. The van der Waals surface area contributed by atoms with Crippen molar-refractivity contribution >= 4 is 0 Å². The van der Waals surface area contributed by atoms with Gasteiger partial charge in [0.25, 0.3) is 5.56 Å². The van der Waals surface area contributed by atoms with E-state index in [1.807, 2.05) is 20.8 Å². The zero-order valence-electron chi connectivity index (χ0n) is 9.63. The summed E-state index contributed by atoms with van der Waals surface area (Å²) in [5.41, 5.74) is 1.77. The lowest BCUT2D eigenvalue weighted by Gasteiger charge is -2.09. The number of aromatic nitrogens is 2. The lowest BCUT2D eigenvalue weighted by Crippen LogP contribution is -2.20. The van der Waals surface area contributed by atoms with Crippen molar-refractivity contribution in [1.82, 2.24) is 9.97 Å². The smallest absolute Gasteiger partial charge is 0.254 e. The van der Waals surface area contributed by atoms with Crippen LogP contribution in [0.3, 0.4) is 0 Å². The van der Waals surface area contributed by atoms with Crippen LogP contribution in [0, 0.1) is 12.8 Å². The van der Waals surface area contributed by atoms with Crippen molar-refractivity contribution < 1.29 is 0 Å². The molecule has 0 saturated heterocycles. The van der Waals surface area contributed by atoms with E-state index in [1.165, 1.54) is 12.8 Å². The van der Waals surface area contributed by atoms with E-state index in [0.29, 0.717) is 0 Å². The summed E-state index contributed by atoms with van der Waals surface area (Å²) in [6.07, 6.45) is 3.51. The van der Waals surface area contributed by atoms with E-state index in [9.17, 15) is 4.79 Å². The summed E-state index contributed by atoms with van der Waals surface area (Å²) in [7, 11) is 0. The molecule has 1 saturated carbocycles. The van der Waals surface area contributed by atoms with Crippen LogP contribution < -0.4 is 5.56 Å². The van der Waals surface area contributed by atoms with Crippen LogP contribution in [0.1, 0.15) is 49.7 Å². The fraction of sp³-hybridized carbons (Fsp3) is 0.667. The molecular formula is C12H18N2O. The predicted molar refractivity (Wildman–Crippen MR) is 60.1 cm³/mol. The van der Waals surface area contributed by atoms with Gasteiger partial charge in [0.1, 0.15) is 5.82 Å². The Morgan fingerprint density at radius 3 is 2.60 bits per heavy atom. The molecule has 15 heavy (non-hydrogen) atoms. The average Bonchev–Trinajstić information content (AvgIpc) is 2.85. The van der Waals surface area contributed by atoms with Gasteiger partial charge >= 0.3 is 0 Å².